The molecule has 0 unspecified atom stereocenters. The van der Waals surface area contributed by atoms with Crippen LogP contribution in [0.3, 0.4) is 0 Å². The number of piperidine rings is 1. The van der Waals surface area contributed by atoms with Crippen LogP contribution >= 0.6 is 15.9 Å². The van der Waals surface area contributed by atoms with Crippen LogP contribution in [0.2, 0.25) is 0 Å². The van der Waals surface area contributed by atoms with Crippen LogP contribution in [0.25, 0.3) is 0 Å². The van der Waals surface area contributed by atoms with Crippen molar-refractivity contribution in [3.8, 4) is 5.75 Å². The van der Waals surface area contributed by atoms with E-state index >= 15 is 0 Å². The zero-order valence-electron chi connectivity index (χ0n) is 14.6. The average Bonchev–Trinajstić information content (AvgIpc) is 3.10. The van der Waals surface area contributed by atoms with E-state index in [1.807, 2.05) is 29.2 Å². The van der Waals surface area contributed by atoms with Gasteiger partial charge < -0.3 is 19.0 Å². The van der Waals surface area contributed by atoms with Gasteiger partial charge in [0.2, 0.25) is 0 Å². The number of hydrogen-bond acceptors (Lipinski definition) is 4. The molecule has 1 aromatic carbocycles. The van der Waals surface area contributed by atoms with Gasteiger partial charge in [-0.05, 0) is 63.3 Å². The van der Waals surface area contributed by atoms with E-state index in [2.05, 4.69) is 34.9 Å². The lowest BCUT2D eigenvalue weighted by Crippen LogP contribution is -2.44. The molecule has 134 valence electrons. The second-order valence-corrected chi connectivity index (χ2v) is 7.41. The maximum absolute atomic E-state index is 12.6. The minimum atomic E-state index is -0.0351. The molecule has 1 aliphatic heterocycles. The zero-order valence-corrected chi connectivity index (χ0v) is 16.2. The summed E-state index contributed by atoms with van der Waals surface area (Å²) in [6, 6.07) is 11.7. The van der Waals surface area contributed by atoms with E-state index < -0.39 is 0 Å². The lowest BCUT2D eigenvalue weighted by atomic mass is 10.0. The van der Waals surface area contributed by atoms with Crippen molar-refractivity contribution in [1.29, 1.82) is 0 Å². The van der Waals surface area contributed by atoms with Gasteiger partial charge in [-0.15, -0.1) is 0 Å². The minimum Gasteiger partial charge on any atom is -0.486 e. The SMILES string of the molecule is CN(C)C1CCN(C(=O)c2ccc(COc3ccc(Br)cc3)o2)CC1. The third-order valence-corrected chi connectivity index (χ3v) is 5.08. The van der Waals surface area contributed by atoms with E-state index in [0.29, 0.717) is 24.2 Å². The van der Waals surface area contributed by atoms with E-state index in [1.165, 1.54) is 0 Å². The van der Waals surface area contributed by atoms with Crippen molar-refractivity contribution in [3.63, 3.8) is 0 Å². The fraction of sp³-hybridized carbons (Fsp3) is 0.421. The molecule has 0 aliphatic carbocycles. The topological polar surface area (TPSA) is 45.9 Å². The Morgan fingerprint density at radius 2 is 1.88 bits per heavy atom. The van der Waals surface area contributed by atoms with E-state index in [4.69, 9.17) is 9.15 Å². The number of carbonyl (C=O) groups is 1. The predicted molar refractivity (Wildman–Crippen MR) is 99.8 cm³/mol. The molecule has 0 bridgehead atoms. The highest BCUT2D eigenvalue weighted by molar-refractivity contribution is 9.10. The Labute approximate surface area is 156 Å². The number of hydrogen-bond donors (Lipinski definition) is 0. The zero-order chi connectivity index (χ0) is 17.8. The van der Waals surface area contributed by atoms with Crippen LogP contribution in [0.15, 0.2) is 45.3 Å². The van der Waals surface area contributed by atoms with Gasteiger partial charge in [-0.1, -0.05) is 15.9 Å². The maximum atomic E-state index is 12.6. The molecular weight excluding hydrogens is 384 g/mol. The highest BCUT2D eigenvalue weighted by atomic mass is 79.9. The Morgan fingerprint density at radius 3 is 2.52 bits per heavy atom. The number of furan rings is 1. The molecule has 0 saturated carbocycles. The first-order valence-electron chi connectivity index (χ1n) is 8.45. The van der Waals surface area contributed by atoms with Gasteiger partial charge in [0.25, 0.3) is 5.91 Å². The first-order valence-corrected chi connectivity index (χ1v) is 9.25. The van der Waals surface area contributed by atoms with Crippen molar-refractivity contribution in [1.82, 2.24) is 9.80 Å². The van der Waals surface area contributed by atoms with Crippen molar-refractivity contribution in [2.24, 2.45) is 0 Å². The molecule has 2 heterocycles. The summed E-state index contributed by atoms with van der Waals surface area (Å²) in [7, 11) is 4.18. The van der Waals surface area contributed by atoms with E-state index in [-0.39, 0.29) is 5.91 Å². The number of carbonyl (C=O) groups excluding carboxylic acids is 1. The van der Waals surface area contributed by atoms with Crippen LogP contribution in [-0.4, -0.2) is 48.9 Å². The maximum Gasteiger partial charge on any atom is 0.289 e. The molecule has 3 rings (SSSR count). The van der Waals surface area contributed by atoms with Gasteiger partial charge in [-0.3, -0.25) is 4.79 Å². The molecule has 0 spiro atoms. The molecule has 1 fully saturated rings. The van der Waals surface area contributed by atoms with Crippen LogP contribution in [-0.2, 0) is 6.61 Å². The molecule has 0 atom stereocenters. The van der Waals surface area contributed by atoms with Gasteiger partial charge in [0, 0.05) is 23.6 Å². The molecule has 1 aromatic heterocycles. The third-order valence-electron chi connectivity index (χ3n) is 4.55. The van der Waals surface area contributed by atoms with Crippen LogP contribution in [0.4, 0.5) is 0 Å². The smallest absolute Gasteiger partial charge is 0.289 e. The first-order chi connectivity index (χ1) is 12.0. The Bertz CT molecular complexity index is 704. The second-order valence-electron chi connectivity index (χ2n) is 6.50. The largest absolute Gasteiger partial charge is 0.486 e. The Hall–Kier alpha value is -1.79. The van der Waals surface area contributed by atoms with Crippen LogP contribution in [0, 0.1) is 0 Å². The third kappa shape index (κ3) is 4.64. The molecule has 5 nitrogen and oxygen atoms in total. The van der Waals surface area contributed by atoms with Gasteiger partial charge in [-0.25, -0.2) is 0 Å². The summed E-state index contributed by atoms with van der Waals surface area (Å²) in [6.45, 7) is 1.85. The Balaban J connectivity index is 1.54. The fourth-order valence-corrected chi connectivity index (χ4v) is 3.26. The summed E-state index contributed by atoms with van der Waals surface area (Å²) in [4.78, 5) is 16.7. The summed E-state index contributed by atoms with van der Waals surface area (Å²) in [5.41, 5.74) is 0. The van der Waals surface area contributed by atoms with Gasteiger partial charge in [0.1, 0.15) is 18.1 Å². The monoisotopic (exact) mass is 406 g/mol. The molecule has 1 saturated heterocycles. The standard InChI is InChI=1S/C19H23BrN2O3/c1-21(2)15-9-11-22(12-10-15)19(23)18-8-7-17(25-18)13-24-16-5-3-14(20)4-6-16/h3-8,15H,9-13H2,1-2H3. The molecule has 25 heavy (non-hydrogen) atoms. The quantitative estimate of drug-likeness (QED) is 0.757. The molecule has 2 aromatic rings. The number of amides is 1. The number of likely N-dealkylation sites (tertiary alicyclic amines) is 1. The van der Waals surface area contributed by atoms with Gasteiger partial charge in [0.05, 0.1) is 0 Å². The molecule has 6 heteroatoms. The summed E-state index contributed by atoms with van der Waals surface area (Å²) in [6.07, 6.45) is 2.00. The number of ether oxygens (including phenoxy) is 1. The van der Waals surface area contributed by atoms with Gasteiger partial charge in [0.15, 0.2) is 5.76 Å². The van der Waals surface area contributed by atoms with Crippen molar-refractivity contribution < 1.29 is 13.9 Å². The van der Waals surface area contributed by atoms with Crippen molar-refractivity contribution >= 4 is 21.8 Å². The van der Waals surface area contributed by atoms with E-state index in [1.54, 1.807) is 12.1 Å². The summed E-state index contributed by atoms with van der Waals surface area (Å²) in [5.74, 6) is 1.76. The van der Waals surface area contributed by atoms with E-state index in [9.17, 15) is 4.79 Å². The minimum absolute atomic E-state index is 0.0351. The fourth-order valence-electron chi connectivity index (χ4n) is 3.00. The average molecular weight is 407 g/mol. The van der Waals surface area contributed by atoms with E-state index in [0.717, 1.165) is 36.2 Å². The molecule has 1 amide bonds. The number of rotatable bonds is 5. The number of benzene rings is 1. The van der Waals surface area contributed by atoms with Gasteiger partial charge >= 0.3 is 0 Å². The molecule has 0 radical (unpaired) electrons. The lowest BCUT2D eigenvalue weighted by Gasteiger charge is -2.34. The summed E-state index contributed by atoms with van der Waals surface area (Å²) >= 11 is 3.39. The summed E-state index contributed by atoms with van der Waals surface area (Å²) < 4.78 is 12.4. The molecule has 1 aliphatic rings. The summed E-state index contributed by atoms with van der Waals surface area (Å²) in [5, 5.41) is 0. The second kappa shape index (κ2) is 8.06. The van der Waals surface area contributed by atoms with Gasteiger partial charge in [-0.2, -0.15) is 0 Å². The van der Waals surface area contributed by atoms with Crippen molar-refractivity contribution in [3.05, 3.63) is 52.4 Å². The van der Waals surface area contributed by atoms with Crippen molar-refractivity contribution in [2.45, 2.75) is 25.5 Å². The normalized spacial score (nSPS) is 15.6. The molecule has 0 N–H and O–H groups in total. The predicted octanol–water partition coefficient (Wildman–Crippen LogP) is 3.79. The lowest BCUT2D eigenvalue weighted by molar-refractivity contribution is 0.0628. The number of halogens is 1. The van der Waals surface area contributed by atoms with Crippen LogP contribution < -0.4 is 4.74 Å². The highest BCUT2D eigenvalue weighted by Crippen LogP contribution is 2.20. The first kappa shape index (κ1) is 18.0. The number of nitrogens with zero attached hydrogens (tertiary/aromatic N) is 2. The van der Waals surface area contributed by atoms with Crippen LogP contribution in [0.1, 0.15) is 29.2 Å². The Morgan fingerprint density at radius 1 is 1.20 bits per heavy atom. The highest BCUT2D eigenvalue weighted by Gasteiger charge is 2.26. The molecular formula is C19H23BrN2O3. The Kier molecular flexibility index (Phi) is 5.81. The van der Waals surface area contributed by atoms with Crippen LogP contribution in [0.5, 0.6) is 5.75 Å². The van der Waals surface area contributed by atoms with Crippen molar-refractivity contribution in [2.75, 3.05) is 27.2 Å².